The number of hydrogen-bond donors (Lipinski definition) is 2. The molecule has 0 amide bonds. The van der Waals surface area contributed by atoms with Gasteiger partial charge in [0.1, 0.15) is 12.4 Å². The van der Waals surface area contributed by atoms with Crippen LogP contribution in [0.2, 0.25) is 0 Å². The third-order valence-corrected chi connectivity index (χ3v) is 3.56. The van der Waals surface area contributed by atoms with Crippen LogP contribution in [0.5, 0.6) is 5.75 Å². The number of hydrogen-bond acceptors (Lipinski definition) is 3. The van der Waals surface area contributed by atoms with Crippen LogP contribution in [0, 0.1) is 0 Å². The fraction of sp³-hybridized carbons (Fsp3) is 0.133. The zero-order valence-electron chi connectivity index (χ0n) is 10.5. The molecule has 104 valence electrons. The van der Waals surface area contributed by atoms with Gasteiger partial charge in [0, 0.05) is 15.6 Å². The SMILES string of the molecule is O=C(O)c1ccc(COc2ccccc2CO)c(Br)c1. The zero-order valence-corrected chi connectivity index (χ0v) is 12.1. The molecule has 0 atom stereocenters. The van der Waals surface area contributed by atoms with Gasteiger partial charge in [-0.3, -0.25) is 0 Å². The first-order valence-electron chi connectivity index (χ1n) is 5.95. The highest BCUT2D eigenvalue weighted by Gasteiger charge is 2.08. The van der Waals surface area contributed by atoms with E-state index in [0.29, 0.717) is 15.8 Å². The first-order chi connectivity index (χ1) is 9.61. The summed E-state index contributed by atoms with van der Waals surface area (Å²) in [5, 5.41) is 18.1. The van der Waals surface area contributed by atoms with Gasteiger partial charge in [0.2, 0.25) is 0 Å². The van der Waals surface area contributed by atoms with E-state index in [-0.39, 0.29) is 18.8 Å². The van der Waals surface area contributed by atoms with Crippen LogP contribution in [0.1, 0.15) is 21.5 Å². The molecule has 0 aliphatic carbocycles. The van der Waals surface area contributed by atoms with Gasteiger partial charge < -0.3 is 14.9 Å². The molecule has 2 rings (SSSR count). The van der Waals surface area contributed by atoms with Gasteiger partial charge in [-0.25, -0.2) is 4.79 Å². The molecule has 0 saturated carbocycles. The molecular formula is C15H13BrO4. The van der Waals surface area contributed by atoms with E-state index in [0.717, 1.165) is 5.56 Å². The first-order valence-corrected chi connectivity index (χ1v) is 6.74. The van der Waals surface area contributed by atoms with E-state index in [4.69, 9.17) is 9.84 Å². The molecule has 0 saturated heterocycles. The Hall–Kier alpha value is -1.85. The molecule has 0 aliphatic rings. The number of aromatic carboxylic acids is 1. The van der Waals surface area contributed by atoms with Crippen molar-refractivity contribution < 1.29 is 19.7 Å². The minimum Gasteiger partial charge on any atom is -0.488 e. The highest BCUT2D eigenvalue weighted by atomic mass is 79.9. The van der Waals surface area contributed by atoms with E-state index in [2.05, 4.69) is 15.9 Å². The number of aliphatic hydroxyl groups is 1. The summed E-state index contributed by atoms with van der Waals surface area (Å²) >= 11 is 3.33. The summed E-state index contributed by atoms with van der Waals surface area (Å²) in [6, 6.07) is 12.0. The highest BCUT2D eigenvalue weighted by molar-refractivity contribution is 9.10. The van der Waals surface area contributed by atoms with Gasteiger partial charge in [0.15, 0.2) is 0 Å². The van der Waals surface area contributed by atoms with Gasteiger partial charge >= 0.3 is 5.97 Å². The number of halogens is 1. The van der Waals surface area contributed by atoms with E-state index >= 15 is 0 Å². The standard InChI is InChI=1S/C15H13BrO4/c16-13-7-10(15(18)19)5-6-12(13)9-20-14-4-2-1-3-11(14)8-17/h1-7,17H,8-9H2,(H,18,19). The molecule has 20 heavy (non-hydrogen) atoms. The highest BCUT2D eigenvalue weighted by Crippen LogP contribution is 2.23. The van der Waals surface area contributed by atoms with Crippen LogP contribution in [0.15, 0.2) is 46.9 Å². The lowest BCUT2D eigenvalue weighted by molar-refractivity contribution is 0.0696. The number of carbonyl (C=O) groups is 1. The molecule has 2 aromatic carbocycles. The number of carboxylic acids is 1. The Morgan fingerprint density at radius 1 is 1.15 bits per heavy atom. The Kier molecular flexibility index (Phi) is 4.76. The zero-order chi connectivity index (χ0) is 14.5. The summed E-state index contributed by atoms with van der Waals surface area (Å²) < 4.78 is 6.34. The van der Waals surface area contributed by atoms with Crippen LogP contribution >= 0.6 is 15.9 Å². The Balaban J connectivity index is 2.13. The summed E-state index contributed by atoms with van der Waals surface area (Å²) in [7, 11) is 0. The molecular weight excluding hydrogens is 324 g/mol. The molecule has 0 aliphatic heterocycles. The molecule has 0 fully saturated rings. The molecule has 0 aromatic heterocycles. The maximum atomic E-state index is 10.8. The first kappa shape index (κ1) is 14.6. The Bertz CT molecular complexity index is 625. The molecule has 0 spiro atoms. The number of aliphatic hydroxyl groups excluding tert-OH is 1. The topological polar surface area (TPSA) is 66.8 Å². The van der Waals surface area contributed by atoms with Gasteiger partial charge in [0.25, 0.3) is 0 Å². The predicted molar refractivity (Wildman–Crippen MR) is 77.8 cm³/mol. The lowest BCUT2D eigenvalue weighted by Gasteiger charge is -2.11. The quantitative estimate of drug-likeness (QED) is 0.879. The lowest BCUT2D eigenvalue weighted by Crippen LogP contribution is -2.01. The average Bonchev–Trinajstić information content (AvgIpc) is 2.46. The predicted octanol–water partition coefficient (Wildman–Crippen LogP) is 3.22. The summed E-state index contributed by atoms with van der Waals surface area (Å²) in [4.78, 5) is 10.8. The molecule has 0 unspecified atom stereocenters. The molecule has 0 bridgehead atoms. The van der Waals surface area contributed by atoms with Gasteiger partial charge in [-0.05, 0) is 18.2 Å². The second-order valence-corrected chi connectivity index (χ2v) is 5.02. The van der Waals surface area contributed by atoms with Crippen molar-refractivity contribution in [2.45, 2.75) is 13.2 Å². The van der Waals surface area contributed by atoms with E-state index in [9.17, 15) is 9.90 Å². The maximum Gasteiger partial charge on any atom is 0.335 e. The van der Waals surface area contributed by atoms with Crippen molar-refractivity contribution in [1.82, 2.24) is 0 Å². The van der Waals surface area contributed by atoms with E-state index in [1.165, 1.54) is 6.07 Å². The Morgan fingerprint density at radius 2 is 1.90 bits per heavy atom. The van der Waals surface area contributed by atoms with Gasteiger partial charge in [-0.2, -0.15) is 0 Å². The number of benzene rings is 2. The van der Waals surface area contributed by atoms with Crippen LogP contribution in [0.25, 0.3) is 0 Å². The third kappa shape index (κ3) is 3.37. The van der Waals surface area contributed by atoms with Crippen molar-refractivity contribution in [3.05, 3.63) is 63.6 Å². The van der Waals surface area contributed by atoms with Crippen molar-refractivity contribution in [2.24, 2.45) is 0 Å². The summed E-state index contributed by atoms with van der Waals surface area (Å²) in [5.74, 6) is -0.354. The van der Waals surface area contributed by atoms with Crippen LogP contribution < -0.4 is 4.74 Å². The fourth-order valence-corrected chi connectivity index (χ4v) is 2.22. The Labute approximate surface area is 124 Å². The van der Waals surface area contributed by atoms with Crippen molar-refractivity contribution >= 4 is 21.9 Å². The van der Waals surface area contributed by atoms with Gasteiger partial charge in [0.05, 0.1) is 12.2 Å². The Morgan fingerprint density at radius 3 is 2.55 bits per heavy atom. The van der Waals surface area contributed by atoms with Crippen LogP contribution in [0.4, 0.5) is 0 Å². The molecule has 5 heteroatoms. The van der Waals surface area contributed by atoms with Gasteiger partial charge in [-0.1, -0.05) is 40.2 Å². The monoisotopic (exact) mass is 336 g/mol. The molecule has 4 nitrogen and oxygen atoms in total. The van der Waals surface area contributed by atoms with E-state index in [1.54, 1.807) is 24.3 Å². The minimum atomic E-state index is -0.969. The average molecular weight is 337 g/mol. The maximum absolute atomic E-state index is 10.8. The van der Waals surface area contributed by atoms with Crippen LogP contribution in [0.3, 0.4) is 0 Å². The minimum absolute atomic E-state index is 0.0880. The number of carboxylic acid groups (broad SMARTS) is 1. The fourth-order valence-electron chi connectivity index (χ4n) is 1.73. The third-order valence-electron chi connectivity index (χ3n) is 2.83. The normalized spacial score (nSPS) is 10.3. The smallest absolute Gasteiger partial charge is 0.335 e. The molecule has 0 heterocycles. The van der Waals surface area contributed by atoms with Crippen LogP contribution in [-0.2, 0) is 13.2 Å². The van der Waals surface area contributed by atoms with Crippen LogP contribution in [-0.4, -0.2) is 16.2 Å². The molecule has 0 radical (unpaired) electrons. The van der Waals surface area contributed by atoms with Crippen molar-refractivity contribution in [1.29, 1.82) is 0 Å². The number of ether oxygens (including phenoxy) is 1. The number of rotatable bonds is 5. The van der Waals surface area contributed by atoms with Crippen molar-refractivity contribution in [3.63, 3.8) is 0 Å². The lowest BCUT2D eigenvalue weighted by atomic mass is 10.1. The van der Waals surface area contributed by atoms with E-state index in [1.807, 2.05) is 12.1 Å². The summed E-state index contributed by atoms with van der Waals surface area (Å²) in [6.45, 7) is 0.201. The summed E-state index contributed by atoms with van der Waals surface area (Å²) in [5.41, 5.74) is 1.77. The summed E-state index contributed by atoms with van der Waals surface area (Å²) in [6.07, 6.45) is 0. The number of para-hydroxylation sites is 1. The van der Waals surface area contributed by atoms with Crippen molar-refractivity contribution in [2.75, 3.05) is 0 Å². The molecule has 2 aromatic rings. The second kappa shape index (κ2) is 6.54. The molecule has 2 N–H and O–H groups in total. The van der Waals surface area contributed by atoms with Gasteiger partial charge in [-0.15, -0.1) is 0 Å². The largest absolute Gasteiger partial charge is 0.488 e. The van der Waals surface area contributed by atoms with Crippen molar-refractivity contribution in [3.8, 4) is 5.75 Å². The second-order valence-electron chi connectivity index (χ2n) is 4.17. The van der Waals surface area contributed by atoms with E-state index < -0.39 is 5.97 Å².